The van der Waals surface area contributed by atoms with E-state index in [2.05, 4.69) is 0 Å². The molecule has 1 aliphatic carbocycles. The van der Waals surface area contributed by atoms with Gasteiger partial charge in [0.2, 0.25) is 0 Å². The molecule has 0 fully saturated rings. The molecule has 2 N–H and O–H groups in total. The quantitative estimate of drug-likeness (QED) is 0.626. The van der Waals surface area contributed by atoms with Crippen LogP contribution in [0.1, 0.15) is 30.0 Å². The van der Waals surface area contributed by atoms with Crippen LogP contribution in [0.5, 0.6) is 0 Å². The SMILES string of the molecule is N[C@@H]1CCCc2cc(F)ccc21. The summed E-state index contributed by atoms with van der Waals surface area (Å²) in [4.78, 5) is 0. The molecule has 0 saturated heterocycles. The van der Waals surface area contributed by atoms with Crippen LogP contribution in [0.2, 0.25) is 0 Å². The van der Waals surface area contributed by atoms with Crippen molar-refractivity contribution in [2.24, 2.45) is 5.73 Å². The molecule has 2 rings (SSSR count). The lowest BCUT2D eigenvalue weighted by Crippen LogP contribution is -2.17. The zero-order chi connectivity index (χ0) is 8.55. The minimum atomic E-state index is -0.150. The van der Waals surface area contributed by atoms with Gasteiger partial charge in [-0.05, 0) is 42.5 Å². The second kappa shape index (κ2) is 2.87. The number of hydrogen-bond donors (Lipinski definition) is 1. The van der Waals surface area contributed by atoms with Crippen molar-refractivity contribution >= 4 is 0 Å². The maximum Gasteiger partial charge on any atom is 0.123 e. The summed E-state index contributed by atoms with van der Waals surface area (Å²) in [6.07, 6.45) is 3.08. The van der Waals surface area contributed by atoms with E-state index in [1.54, 1.807) is 6.07 Å². The molecule has 1 aromatic carbocycles. The molecule has 0 radical (unpaired) electrons. The van der Waals surface area contributed by atoms with Crippen molar-refractivity contribution < 1.29 is 4.39 Å². The Hall–Kier alpha value is -0.890. The third-order valence-electron chi connectivity index (χ3n) is 2.47. The summed E-state index contributed by atoms with van der Waals surface area (Å²) >= 11 is 0. The van der Waals surface area contributed by atoms with Gasteiger partial charge in [-0.15, -0.1) is 0 Å². The van der Waals surface area contributed by atoms with Crippen LogP contribution in [0, 0.1) is 5.82 Å². The first kappa shape index (κ1) is 7.74. The molecule has 64 valence electrons. The number of halogens is 1. The standard InChI is InChI=1S/C10H12FN/c11-8-4-5-9-7(6-8)2-1-3-10(9)12/h4-6,10H,1-3,12H2/t10-/m1/s1. The van der Waals surface area contributed by atoms with E-state index in [9.17, 15) is 4.39 Å². The van der Waals surface area contributed by atoms with E-state index in [0.29, 0.717) is 0 Å². The van der Waals surface area contributed by atoms with E-state index < -0.39 is 0 Å². The third kappa shape index (κ3) is 1.23. The molecule has 0 saturated carbocycles. The molecule has 1 aliphatic rings. The van der Waals surface area contributed by atoms with Gasteiger partial charge in [-0.1, -0.05) is 6.07 Å². The summed E-state index contributed by atoms with van der Waals surface area (Å²) in [6, 6.07) is 5.03. The first-order chi connectivity index (χ1) is 5.77. The molecular formula is C10H12FN. The average Bonchev–Trinajstić information content (AvgIpc) is 2.04. The normalized spacial score (nSPS) is 22.0. The Morgan fingerprint density at radius 3 is 3.08 bits per heavy atom. The molecule has 0 amide bonds. The second-order valence-corrected chi connectivity index (χ2v) is 3.34. The highest BCUT2D eigenvalue weighted by atomic mass is 19.1. The van der Waals surface area contributed by atoms with Gasteiger partial charge < -0.3 is 5.73 Å². The smallest absolute Gasteiger partial charge is 0.123 e. The van der Waals surface area contributed by atoms with Crippen LogP contribution in [0.3, 0.4) is 0 Å². The number of benzene rings is 1. The van der Waals surface area contributed by atoms with Gasteiger partial charge in [0, 0.05) is 6.04 Å². The number of fused-ring (bicyclic) bond motifs is 1. The molecule has 2 heteroatoms. The van der Waals surface area contributed by atoms with E-state index in [1.807, 2.05) is 6.07 Å². The van der Waals surface area contributed by atoms with Gasteiger partial charge in [-0.3, -0.25) is 0 Å². The van der Waals surface area contributed by atoms with Crippen LogP contribution < -0.4 is 5.73 Å². The highest BCUT2D eigenvalue weighted by molar-refractivity contribution is 5.32. The van der Waals surface area contributed by atoms with E-state index in [-0.39, 0.29) is 11.9 Å². The Morgan fingerprint density at radius 2 is 2.25 bits per heavy atom. The Balaban J connectivity index is 2.46. The molecule has 1 aromatic rings. The van der Waals surface area contributed by atoms with Crippen molar-refractivity contribution in [3.05, 3.63) is 35.1 Å². The van der Waals surface area contributed by atoms with Gasteiger partial charge in [0.15, 0.2) is 0 Å². The zero-order valence-electron chi connectivity index (χ0n) is 6.89. The summed E-state index contributed by atoms with van der Waals surface area (Å²) in [6.45, 7) is 0. The number of nitrogens with two attached hydrogens (primary N) is 1. The van der Waals surface area contributed by atoms with E-state index in [1.165, 1.54) is 6.07 Å². The van der Waals surface area contributed by atoms with Gasteiger partial charge in [-0.25, -0.2) is 4.39 Å². The number of rotatable bonds is 0. The fourth-order valence-corrected chi connectivity index (χ4v) is 1.82. The molecule has 0 aromatic heterocycles. The van der Waals surface area contributed by atoms with Crippen LogP contribution in [-0.2, 0) is 6.42 Å². The van der Waals surface area contributed by atoms with Crippen LogP contribution in [0.4, 0.5) is 4.39 Å². The van der Waals surface area contributed by atoms with Crippen molar-refractivity contribution in [3.8, 4) is 0 Å². The highest BCUT2D eigenvalue weighted by Gasteiger charge is 2.16. The largest absolute Gasteiger partial charge is 0.324 e. The fourth-order valence-electron chi connectivity index (χ4n) is 1.82. The lowest BCUT2D eigenvalue weighted by atomic mass is 9.88. The monoisotopic (exact) mass is 165 g/mol. The summed E-state index contributed by atoms with van der Waals surface area (Å²) < 4.78 is 12.8. The Kier molecular flexibility index (Phi) is 1.85. The highest BCUT2D eigenvalue weighted by Crippen LogP contribution is 2.27. The molecule has 1 nitrogen and oxygen atoms in total. The summed E-state index contributed by atoms with van der Waals surface area (Å²) in [5.41, 5.74) is 8.09. The molecule has 0 heterocycles. The van der Waals surface area contributed by atoms with Crippen LogP contribution >= 0.6 is 0 Å². The third-order valence-corrected chi connectivity index (χ3v) is 2.47. The van der Waals surface area contributed by atoms with Crippen LogP contribution in [-0.4, -0.2) is 0 Å². The summed E-state index contributed by atoms with van der Waals surface area (Å²) in [5.74, 6) is -0.150. The molecule has 0 bridgehead atoms. The molecule has 12 heavy (non-hydrogen) atoms. The number of aryl methyl sites for hydroxylation is 1. The minimum Gasteiger partial charge on any atom is -0.324 e. The topological polar surface area (TPSA) is 26.0 Å². The summed E-state index contributed by atoms with van der Waals surface area (Å²) in [5, 5.41) is 0. The molecular weight excluding hydrogens is 153 g/mol. The maximum atomic E-state index is 12.8. The zero-order valence-corrected chi connectivity index (χ0v) is 6.89. The van der Waals surface area contributed by atoms with E-state index in [4.69, 9.17) is 5.73 Å². The van der Waals surface area contributed by atoms with Gasteiger partial charge in [0.05, 0.1) is 0 Å². The molecule has 0 unspecified atom stereocenters. The van der Waals surface area contributed by atoms with Crippen molar-refractivity contribution in [2.75, 3.05) is 0 Å². The van der Waals surface area contributed by atoms with Crippen molar-refractivity contribution in [3.63, 3.8) is 0 Å². The lowest BCUT2D eigenvalue weighted by Gasteiger charge is -2.21. The predicted molar refractivity (Wildman–Crippen MR) is 46.3 cm³/mol. The van der Waals surface area contributed by atoms with Crippen molar-refractivity contribution in [1.29, 1.82) is 0 Å². The van der Waals surface area contributed by atoms with Gasteiger partial charge in [0.25, 0.3) is 0 Å². The van der Waals surface area contributed by atoms with E-state index >= 15 is 0 Å². The van der Waals surface area contributed by atoms with Gasteiger partial charge in [-0.2, -0.15) is 0 Å². The first-order valence-corrected chi connectivity index (χ1v) is 4.31. The second-order valence-electron chi connectivity index (χ2n) is 3.34. The minimum absolute atomic E-state index is 0.120. The Morgan fingerprint density at radius 1 is 1.42 bits per heavy atom. The fraction of sp³-hybridized carbons (Fsp3) is 0.400. The average molecular weight is 165 g/mol. The van der Waals surface area contributed by atoms with Crippen molar-refractivity contribution in [2.45, 2.75) is 25.3 Å². The summed E-state index contributed by atoms with van der Waals surface area (Å²) in [7, 11) is 0. The Bertz CT molecular complexity index is 296. The predicted octanol–water partition coefficient (Wildman–Crippen LogP) is 2.16. The molecule has 0 aliphatic heterocycles. The maximum absolute atomic E-state index is 12.8. The first-order valence-electron chi connectivity index (χ1n) is 4.31. The number of hydrogen-bond acceptors (Lipinski definition) is 1. The van der Waals surface area contributed by atoms with Gasteiger partial charge in [0.1, 0.15) is 5.82 Å². The Labute approximate surface area is 71.4 Å². The van der Waals surface area contributed by atoms with Crippen LogP contribution in [0.15, 0.2) is 18.2 Å². The molecule has 1 atom stereocenters. The lowest BCUT2D eigenvalue weighted by molar-refractivity contribution is 0.560. The molecule has 0 spiro atoms. The van der Waals surface area contributed by atoms with E-state index in [0.717, 1.165) is 30.4 Å². The van der Waals surface area contributed by atoms with Gasteiger partial charge >= 0.3 is 0 Å². The van der Waals surface area contributed by atoms with Crippen molar-refractivity contribution in [1.82, 2.24) is 0 Å². The van der Waals surface area contributed by atoms with Crippen LogP contribution in [0.25, 0.3) is 0 Å².